The Labute approximate surface area is 146 Å². The second kappa shape index (κ2) is 6.22. The highest BCUT2D eigenvalue weighted by Crippen LogP contribution is 2.36. The molecule has 2 N–H and O–H groups in total. The van der Waals surface area contributed by atoms with E-state index in [1.54, 1.807) is 18.2 Å². The quantitative estimate of drug-likeness (QED) is 0.844. The topological polar surface area (TPSA) is 87.6 Å². The van der Waals surface area contributed by atoms with Gasteiger partial charge in [-0.1, -0.05) is 48.5 Å². The van der Waals surface area contributed by atoms with Gasteiger partial charge < -0.3 is 5.32 Å². The third kappa shape index (κ3) is 3.08. The number of halogens is 3. The molecule has 0 fully saturated rings. The van der Waals surface area contributed by atoms with E-state index in [1.807, 2.05) is 5.32 Å². The normalized spacial score (nSPS) is 20.6. The van der Waals surface area contributed by atoms with Crippen molar-refractivity contribution in [3.8, 4) is 0 Å². The molecule has 6 nitrogen and oxygen atoms in total. The zero-order valence-corrected chi connectivity index (χ0v) is 13.8. The summed E-state index contributed by atoms with van der Waals surface area (Å²) < 4.78 is 67.3. The van der Waals surface area contributed by atoms with E-state index < -0.39 is 32.7 Å². The second-order valence-electron chi connectivity index (χ2n) is 5.41. The molecule has 3 rings (SSSR count). The molecule has 136 valence electrons. The lowest BCUT2D eigenvalue weighted by molar-refractivity contribution is -0.190. The first-order valence-electron chi connectivity index (χ1n) is 7.28. The predicted molar refractivity (Wildman–Crippen MR) is 86.7 cm³/mol. The molecule has 0 saturated heterocycles. The summed E-state index contributed by atoms with van der Waals surface area (Å²) in [6.45, 7) is 0. The van der Waals surface area contributed by atoms with Gasteiger partial charge in [-0.3, -0.25) is 4.79 Å². The van der Waals surface area contributed by atoms with E-state index in [4.69, 9.17) is 0 Å². The molecule has 0 aliphatic carbocycles. The molecule has 1 aliphatic rings. The van der Waals surface area contributed by atoms with Gasteiger partial charge in [0.25, 0.3) is 5.91 Å². The predicted octanol–water partition coefficient (Wildman–Crippen LogP) is 1.80. The van der Waals surface area contributed by atoms with E-state index in [0.29, 0.717) is 0 Å². The number of sulfonamides is 1. The Balaban J connectivity index is 2.09. The fourth-order valence-electron chi connectivity index (χ4n) is 2.35. The Morgan fingerprint density at radius 3 is 2.04 bits per heavy atom. The van der Waals surface area contributed by atoms with Crippen LogP contribution in [0.2, 0.25) is 0 Å². The summed E-state index contributed by atoms with van der Waals surface area (Å²) in [6.07, 6.45) is -5.30. The van der Waals surface area contributed by atoms with Crippen molar-refractivity contribution in [1.82, 2.24) is 10.0 Å². The first kappa shape index (κ1) is 18.1. The van der Waals surface area contributed by atoms with Gasteiger partial charge >= 0.3 is 11.8 Å². The van der Waals surface area contributed by atoms with Crippen molar-refractivity contribution in [2.45, 2.75) is 16.7 Å². The molecule has 1 aliphatic heterocycles. The van der Waals surface area contributed by atoms with Crippen molar-refractivity contribution in [2.24, 2.45) is 4.99 Å². The van der Waals surface area contributed by atoms with Gasteiger partial charge in [0.2, 0.25) is 10.0 Å². The van der Waals surface area contributed by atoms with Crippen LogP contribution in [0.15, 0.2) is 70.6 Å². The molecular weight excluding hydrogens is 371 g/mol. The van der Waals surface area contributed by atoms with Crippen LogP contribution in [0.4, 0.5) is 13.2 Å². The maximum Gasteiger partial charge on any atom is 0.437 e. The minimum absolute atomic E-state index is 0.214. The van der Waals surface area contributed by atoms with Crippen molar-refractivity contribution in [2.75, 3.05) is 0 Å². The van der Waals surface area contributed by atoms with Crippen molar-refractivity contribution in [1.29, 1.82) is 0 Å². The van der Waals surface area contributed by atoms with Gasteiger partial charge in [-0.05, 0) is 12.1 Å². The molecule has 0 bridgehead atoms. The average Bonchev–Trinajstić information content (AvgIpc) is 2.94. The number of nitrogens with zero attached hydrogens (tertiary/aromatic N) is 1. The summed E-state index contributed by atoms with van der Waals surface area (Å²) in [6, 6.07) is 14.0. The Bertz CT molecular complexity index is 960. The summed E-state index contributed by atoms with van der Waals surface area (Å²) in [5, 5.41) is 2.01. The Kier molecular flexibility index (Phi) is 4.32. The summed E-state index contributed by atoms with van der Waals surface area (Å²) in [4.78, 5) is 15.1. The molecule has 1 amide bonds. The third-order valence-corrected chi connectivity index (χ3v) is 5.09. The lowest BCUT2D eigenvalue weighted by Crippen LogP contribution is -2.62. The van der Waals surface area contributed by atoms with Gasteiger partial charge in [-0.25, -0.2) is 13.4 Å². The lowest BCUT2D eigenvalue weighted by atomic mass is 10.2. The number of benzene rings is 2. The van der Waals surface area contributed by atoms with Crippen LogP contribution in [0.3, 0.4) is 0 Å². The number of hydrogen-bond acceptors (Lipinski definition) is 4. The van der Waals surface area contributed by atoms with Crippen LogP contribution in [0, 0.1) is 0 Å². The minimum atomic E-state index is -5.30. The Morgan fingerprint density at radius 2 is 1.50 bits per heavy atom. The first-order valence-corrected chi connectivity index (χ1v) is 8.76. The largest absolute Gasteiger partial charge is 0.437 e. The molecule has 0 unspecified atom stereocenters. The van der Waals surface area contributed by atoms with Crippen molar-refractivity contribution in [3.63, 3.8) is 0 Å². The van der Waals surface area contributed by atoms with E-state index in [9.17, 15) is 26.4 Å². The van der Waals surface area contributed by atoms with Crippen LogP contribution in [0.5, 0.6) is 0 Å². The van der Waals surface area contributed by atoms with Crippen LogP contribution in [-0.2, 0) is 14.8 Å². The van der Waals surface area contributed by atoms with Crippen molar-refractivity contribution >= 4 is 21.8 Å². The molecule has 26 heavy (non-hydrogen) atoms. The number of nitrogens with one attached hydrogen (secondary N) is 2. The third-order valence-electron chi connectivity index (χ3n) is 3.63. The average molecular weight is 383 g/mol. The monoisotopic (exact) mass is 383 g/mol. The lowest BCUT2D eigenvalue weighted by Gasteiger charge is -2.26. The molecule has 0 radical (unpaired) electrons. The number of amidine groups is 1. The number of aliphatic imine (C=N–C) groups is 1. The molecule has 2 aromatic carbocycles. The van der Waals surface area contributed by atoms with Crippen LogP contribution in [-0.4, -0.2) is 32.0 Å². The summed E-state index contributed by atoms with van der Waals surface area (Å²) in [5.74, 6) is -1.99. The van der Waals surface area contributed by atoms with Crippen LogP contribution >= 0.6 is 0 Å². The molecule has 1 heterocycles. The van der Waals surface area contributed by atoms with Gasteiger partial charge in [0.05, 0.1) is 4.90 Å². The number of alkyl halides is 3. The SMILES string of the molecule is O=C1NC(c2ccccc2)=N[C@@]1(NS(=O)(=O)c1ccccc1)C(F)(F)F. The van der Waals surface area contributed by atoms with E-state index >= 15 is 0 Å². The number of carbonyl (C=O) groups excluding carboxylic acids is 1. The molecule has 0 saturated carbocycles. The van der Waals surface area contributed by atoms with E-state index in [2.05, 4.69) is 4.99 Å². The molecular formula is C16H12F3N3O3S. The Morgan fingerprint density at radius 1 is 0.962 bits per heavy atom. The summed E-state index contributed by atoms with van der Waals surface area (Å²) in [5.41, 5.74) is -3.43. The summed E-state index contributed by atoms with van der Waals surface area (Å²) in [7, 11) is -4.66. The van der Waals surface area contributed by atoms with Gasteiger partial charge in [-0.2, -0.15) is 17.9 Å². The molecule has 2 aromatic rings. The molecule has 0 aromatic heterocycles. The van der Waals surface area contributed by atoms with Gasteiger partial charge in [0.1, 0.15) is 5.84 Å². The number of amides is 1. The fraction of sp³-hybridized carbons (Fsp3) is 0.125. The van der Waals surface area contributed by atoms with E-state index in [1.165, 1.54) is 35.1 Å². The standard InChI is InChI=1S/C16H12F3N3O3S/c17-16(18,19)15(22-26(24,25)12-9-5-2-6-10-12)14(23)20-13(21-15)11-7-3-1-4-8-11/h1-10,22H,(H,20,21,23)/t15-/m0/s1. The zero-order chi connectivity index (χ0) is 19.0. The van der Waals surface area contributed by atoms with Gasteiger partial charge in [-0.15, -0.1) is 0 Å². The smallest absolute Gasteiger partial charge is 0.307 e. The highest BCUT2D eigenvalue weighted by Gasteiger charge is 2.66. The number of rotatable bonds is 4. The van der Waals surface area contributed by atoms with Gasteiger partial charge in [0, 0.05) is 5.56 Å². The molecule has 0 spiro atoms. The summed E-state index contributed by atoms with van der Waals surface area (Å²) >= 11 is 0. The van der Waals surface area contributed by atoms with Crippen molar-refractivity contribution in [3.05, 3.63) is 66.2 Å². The van der Waals surface area contributed by atoms with Crippen LogP contribution in [0.1, 0.15) is 5.56 Å². The van der Waals surface area contributed by atoms with Crippen LogP contribution < -0.4 is 10.0 Å². The van der Waals surface area contributed by atoms with E-state index in [0.717, 1.165) is 12.1 Å². The van der Waals surface area contributed by atoms with Gasteiger partial charge in [0.15, 0.2) is 0 Å². The highest BCUT2D eigenvalue weighted by atomic mass is 32.2. The zero-order valence-electron chi connectivity index (χ0n) is 13.0. The highest BCUT2D eigenvalue weighted by molar-refractivity contribution is 7.89. The Hall–Kier alpha value is -2.72. The number of carbonyl (C=O) groups is 1. The van der Waals surface area contributed by atoms with Crippen molar-refractivity contribution < 1.29 is 26.4 Å². The maximum absolute atomic E-state index is 13.7. The molecule has 1 atom stereocenters. The van der Waals surface area contributed by atoms with E-state index in [-0.39, 0.29) is 11.4 Å². The minimum Gasteiger partial charge on any atom is -0.307 e. The fourth-order valence-corrected chi connectivity index (χ4v) is 3.63. The second-order valence-corrected chi connectivity index (χ2v) is 7.09. The number of hydrogen-bond donors (Lipinski definition) is 2. The first-order chi connectivity index (χ1) is 12.2. The molecule has 10 heteroatoms. The maximum atomic E-state index is 13.7. The van der Waals surface area contributed by atoms with Crippen LogP contribution in [0.25, 0.3) is 0 Å².